The van der Waals surface area contributed by atoms with E-state index in [-0.39, 0.29) is 0 Å². The summed E-state index contributed by atoms with van der Waals surface area (Å²) in [4.78, 5) is 1.19. The molecule has 0 heterocycles. The van der Waals surface area contributed by atoms with Crippen LogP contribution in [0.2, 0.25) is 0 Å². The Morgan fingerprint density at radius 1 is 0.800 bits per heavy atom. The van der Waals surface area contributed by atoms with Gasteiger partial charge in [-0.1, -0.05) is 72.5 Å². The van der Waals surface area contributed by atoms with Gasteiger partial charge in [0.05, 0.1) is 4.20 Å². The quantitative estimate of drug-likeness (QED) is 0.561. The second kappa shape index (κ2) is 5.10. The zero-order valence-electron chi connectivity index (χ0n) is 8.09. The van der Waals surface area contributed by atoms with Crippen LogP contribution in [-0.4, -0.2) is 4.20 Å². The van der Waals surface area contributed by atoms with Crippen molar-refractivity contribution in [3.8, 4) is 0 Å². The summed E-state index contributed by atoms with van der Waals surface area (Å²) in [6.45, 7) is 0. The minimum absolute atomic E-state index is 0.918. The molecule has 0 bridgehead atoms. The Kier molecular flexibility index (Phi) is 3.54. The molecule has 0 saturated heterocycles. The van der Waals surface area contributed by atoms with Gasteiger partial charge in [0.2, 0.25) is 0 Å². The summed E-state index contributed by atoms with van der Waals surface area (Å²) < 4.78 is 0.918. The van der Waals surface area contributed by atoms with Gasteiger partial charge in [0, 0.05) is 4.90 Å². The van der Waals surface area contributed by atoms with Crippen molar-refractivity contribution >= 4 is 28.2 Å². The van der Waals surface area contributed by atoms with E-state index >= 15 is 0 Å². The Morgan fingerprint density at radius 3 is 1.93 bits per heavy atom. The molecule has 0 aliphatic heterocycles. The lowest BCUT2D eigenvalue weighted by Gasteiger charge is -2.02. The van der Waals surface area contributed by atoms with Crippen molar-refractivity contribution in [2.75, 3.05) is 0 Å². The van der Waals surface area contributed by atoms with Gasteiger partial charge in [-0.2, -0.15) is 0 Å². The van der Waals surface area contributed by atoms with E-state index in [1.54, 1.807) is 11.8 Å². The van der Waals surface area contributed by atoms with E-state index in [1.807, 2.05) is 48.5 Å². The first kappa shape index (κ1) is 10.4. The number of hydrogen-bond donors (Lipinski definition) is 0. The molecular weight excluding hydrogens is 220 g/mol. The van der Waals surface area contributed by atoms with Crippen LogP contribution in [0.5, 0.6) is 0 Å². The summed E-state index contributed by atoms with van der Waals surface area (Å²) in [5.74, 6) is 0. The molecular formula is C13H10S2. The maximum atomic E-state index is 5.37. The van der Waals surface area contributed by atoms with Crippen LogP contribution in [0.25, 0.3) is 0 Å². The molecule has 15 heavy (non-hydrogen) atoms. The number of thiocarbonyl (C=S) groups is 1. The smallest absolute Gasteiger partial charge is 0.0777 e. The van der Waals surface area contributed by atoms with Crippen LogP contribution in [0.4, 0.5) is 0 Å². The minimum atomic E-state index is 0.918. The molecule has 0 nitrogen and oxygen atoms in total. The van der Waals surface area contributed by atoms with Gasteiger partial charge < -0.3 is 0 Å². The normalized spacial score (nSPS) is 9.87. The molecule has 0 spiro atoms. The number of benzene rings is 2. The van der Waals surface area contributed by atoms with E-state index in [0.29, 0.717) is 0 Å². The van der Waals surface area contributed by atoms with Gasteiger partial charge in [0.1, 0.15) is 0 Å². The van der Waals surface area contributed by atoms with Crippen LogP contribution < -0.4 is 0 Å². The van der Waals surface area contributed by atoms with Crippen LogP contribution in [0.3, 0.4) is 0 Å². The first-order chi connectivity index (χ1) is 7.36. The Bertz CT molecular complexity index is 435. The lowest BCUT2D eigenvalue weighted by molar-refractivity contribution is 1.48. The van der Waals surface area contributed by atoms with Crippen LogP contribution in [0.1, 0.15) is 5.56 Å². The number of hydrogen-bond acceptors (Lipinski definition) is 2. The lowest BCUT2D eigenvalue weighted by atomic mass is 10.2. The fourth-order valence-corrected chi connectivity index (χ4v) is 2.41. The highest BCUT2D eigenvalue weighted by Gasteiger charge is 2.01. The van der Waals surface area contributed by atoms with E-state index < -0.39 is 0 Å². The van der Waals surface area contributed by atoms with Gasteiger partial charge >= 0.3 is 0 Å². The van der Waals surface area contributed by atoms with E-state index in [2.05, 4.69) is 12.1 Å². The molecule has 0 radical (unpaired) electrons. The summed E-state index contributed by atoms with van der Waals surface area (Å²) in [5, 5.41) is 0. The second-order valence-corrected chi connectivity index (χ2v) is 4.82. The predicted octanol–water partition coefficient (Wildman–Crippen LogP) is 4.15. The maximum absolute atomic E-state index is 5.37. The molecule has 0 aromatic heterocycles. The van der Waals surface area contributed by atoms with Crippen molar-refractivity contribution < 1.29 is 0 Å². The third kappa shape index (κ3) is 2.91. The number of thioether (sulfide) groups is 1. The molecule has 2 aromatic rings. The van der Waals surface area contributed by atoms with Gasteiger partial charge in [-0.25, -0.2) is 0 Å². The summed E-state index contributed by atoms with van der Waals surface area (Å²) >= 11 is 6.99. The summed E-state index contributed by atoms with van der Waals surface area (Å²) in [7, 11) is 0. The van der Waals surface area contributed by atoms with E-state index in [1.165, 1.54) is 4.90 Å². The molecule has 0 unspecified atom stereocenters. The molecule has 0 aliphatic carbocycles. The minimum Gasteiger partial charge on any atom is -0.0777 e. The molecule has 0 atom stereocenters. The second-order valence-electron chi connectivity index (χ2n) is 3.07. The highest BCUT2D eigenvalue weighted by atomic mass is 32.2. The van der Waals surface area contributed by atoms with Gasteiger partial charge in [0.25, 0.3) is 0 Å². The molecule has 2 rings (SSSR count). The first-order valence-corrected chi connectivity index (χ1v) is 5.91. The van der Waals surface area contributed by atoms with Crippen LogP contribution in [0.15, 0.2) is 65.6 Å². The Labute approximate surface area is 99.3 Å². The summed E-state index contributed by atoms with van der Waals surface area (Å²) in [6.07, 6.45) is 0. The fraction of sp³-hybridized carbons (Fsp3) is 0. The van der Waals surface area contributed by atoms with Gasteiger partial charge in [-0.05, 0) is 17.7 Å². The van der Waals surface area contributed by atoms with Gasteiger partial charge in [-0.15, -0.1) is 0 Å². The highest BCUT2D eigenvalue weighted by molar-refractivity contribution is 8.23. The van der Waals surface area contributed by atoms with Crippen molar-refractivity contribution in [1.29, 1.82) is 0 Å². The monoisotopic (exact) mass is 230 g/mol. The lowest BCUT2D eigenvalue weighted by Crippen LogP contribution is -1.89. The third-order valence-corrected chi connectivity index (χ3v) is 3.38. The van der Waals surface area contributed by atoms with Crippen molar-refractivity contribution in [1.82, 2.24) is 0 Å². The van der Waals surface area contributed by atoms with Gasteiger partial charge in [-0.3, -0.25) is 0 Å². The van der Waals surface area contributed by atoms with Crippen LogP contribution in [0, 0.1) is 0 Å². The SMILES string of the molecule is S=C(Sc1ccccc1)c1ccccc1. The number of rotatable bonds is 2. The average Bonchev–Trinajstić information content (AvgIpc) is 2.31. The third-order valence-electron chi connectivity index (χ3n) is 1.96. The van der Waals surface area contributed by atoms with Crippen molar-refractivity contribution in [3.05, 3.63) is 66.2 Å². The standard InChI is InChI=1S/C13H10S2/c14-13(11-7-3-1-4-8-11)15-12-9-5-2-6-10-12/h1-10H. The van der Waals surface area contributed by atoms with Crippen molar-refractivity contribution in [3.63, 3.8) is 0 Å². The predicted molar refractivity (Wildman–Crippen MR) is 70.4 cm³/mol. The van der Waals surface area contributed by atoms with E-state index in [0.717, 1.165) is 9.76 Å². The topological polar surface area (TPSA) is 0 Å². The molecule has 2 aromatic carbocycles. The zero-order chi connectivity index (χ0) is 10.5. The zero-order valence-corrected chi connectivity index (χ0v) is 9.72. The van der Waals surface area contributed by atoms with E-state index in [9.17, 15) is 0 Å². The Balaban J connectivity index is 2.12. The maximum Gasteiger partial charge on any atom is 0.0825 e. The summed E-state index contributed by atoms with van der Waals surface area (Å²) in [5.41, 5.74) is 1.11. The Morgan fingerprint density at radius 2 is 1.33 bits per heavy atom. The fourth-order valence-electron chi connectivity index (χ4n) is 1.23. The molecule has 0 aliphatic rings. The van der Waals surface area contributed by atoms with Crippen LogP contribution >= 0.6 is 24.0 Å². The molecule has 0 fully saturated rings. The van der Waals surface area contributed by atoms with Gasteiger partial charge in [0.15, 0.2) is 0 Å². The molecule has 2 heteroatoms. The Hall–Kier alpha value is -1.12. The average molecular weight is 230 g/mol. The summed E-state index contributed by atoms with van der Waals surface area (Å²) in [6, 6.07) is 20.3. The first-order valence-electron chi connectivity index (χ1n) is 4.68. The molecule has 0 amide bonds. The highest BCUT2D eigenvalue weighted by Crippen LogP contribution is 2.23. The molecule has 0 saturated carbocycles. The largest absolute Gasteiger partial charge is 0.0825 e. The molecule has 74 valence electrons. The molecule has 0 N–H and O–H groups in total. The van der Waals surface area contributed by atoms with Crippen molar-refractivity contribution in [2.45, 2.75) is 4.90 Å². The van der Waals surface area contributed by atoms with Crippen LogP contribution in [-0.2, 0) is 0 Å². The van der Waals surface area contributed by atoms with E-state index in [4.69, 9.17) is 12.2 Å². The van der Waals surface area contributed by atoms with Crippen molar-refractivity contribution in [2.24, 2.45) is 0 Å².